The van der Waals surface area contributed by atoms with Gasteiger partial charge < -0.3 is 37.4 Å². The quantitative estimate of drug-likeness (QED) is 0.0282. The summed E-state index contributed by atoms with van der Waals surface area (Å²) in [7, 11) is 0. The largest absolute Gasteiger partial charge is 0.508 e. The minimum Gasteiger partial charge on any atom is -0.508 e. The zero-order chi connectivity index (χ0) is 75.4. The smallest absolute Gasteiger partial charge is 0.319 e. The topological polar surface area (TPSA) is 95.8 Å². The maximum absolute atomic E-state index is 13.4. The summed E-state index contributed by atoms with van der Waals surface area (Å²) < 4.78 is 45.8. The van der Waals surface area contributed by atoms with E-state index in [1.807, 2.05) is 103 Å². The van der Waals surface area contributed by atoms with E-state index in [0.717, 1.165) is 157 Å². The van der Waals surface area contributed by atoms with Crippen LogP contribution in [0, 0.1) is 0 Å². The molecule has 11 rings (SSSR count). The lowest BCUT2D eigenvalue weighted by Crippen LogP contribution is -2.23. The van der Waals surface area contributed by atoms with E-state index in [1.165, 1.54) is 180 Å². The fourth-order valence-corrected chi connectivity index (χ4v) is 24.7. The molecule has 0 aromatic heterocycles. The predicted molar refractivity (Wildman–Crippen MR) is 467 cm³/mol. The second-order valence-corrected chi connectivity index (χ2v) is 41.8. The maximum Gasteiger partial charge on any atom is 0.319 e. The molecule has 3 aliphatic heterocycles. The van der Waals surface area contributed by atoms with E-state index in [-0.39, 0.29) is 29.3 Å². The molecule has 0 amide bonds. The van der Waals surface area contributed by atoms with E-state index in [0.29, 0.717) is 40.9 Å². The molecule has 0 spiro atoms. The van der Waals surface area contributed by atoms with Gasteiger partial charge in [0.1, 0.15) is 46.0 Å². The van der Waals surface area contributed by atoms with Crippen LogP contribution in [0.2, 0.25) is 0 Å². The average Bonchev–Trinajstić information content (AvgIpc) is 0.730. The lowest BCUT2D eigenvalue weighted by Gasteiger charge is -2.38. The van der Waals surface area contributed by atoms with Crippen LogP contribution in [0.1, 0.15) is 378 Å². The van der Waals surface area contributed by atoms with Gasteiger partial charge >= 0.3 is 19.5 Å². The predicted octanol–water partition coefficient (Wildman–Crippen LogP) is 29.4. The number of fused-ring (bicyclic) bond motifs is 2. The van der Waals surface area contributed by atoms with Crippen molar-refractivity contribution in [2.75, 3.05) is 0 Å². The third kappa shape index (κ3) is 22.6. The maximum atomic E-state index is 13.4. The minimum atomic E-state index is -3.56. The van der Waals surface area contributed by atoms with Crippen LogP contribution >= 0.6 is 19.5 Å². The molecule has 4 atom stereocenters. The lowest BCUT2D eigenvalue weighted by atomic mass is 9.76. The van der Waals surface area contributed by atoms with Crippen molar-refractivity contribution in [2.24, 2.45) is 0 Å². The third-order valence-electron chi connectivity index (χ3n) is 23.5. The summed E-state index contributed by atoms with van der Waals surface area (Å²) in [6.45, 7) is -1.45. The van der Waals surface area contributed by atoms with Gasteiger partial charge in [0, 0.05) is 92.4 Å². The van der Waals surface area contributed by atoms with E-state index in [1.54, 1.807) is 0 Å². The molecular formula is C94H129O8P3S3. The molecule has 0 radical (unpaired) electrons. The molecule has 14 heteroatoms. The number of unbranched alkanes of at least 4 members (excludes halogenated alkanes) is 36. The van der Waals surface area contributed by atoms with Crippen LogP contribution in [-0.2, 0) is 35.4 Å². The van der Waals surface area contributed by atoms with Gasteiger partial charge in [-0.3, -0.25) is 0 Å². The first kappa shape index (κ1) is 83.8. The Hall–Kier alpha value is -5.11. The molecule has 7 aromatic carbocycles. The molecule has 586 valence electrons. The molecule has 3 heterocycles. The van der Waals surface area contributed by atoms with Gasteiger partial charge in [-0.15, -0.1) is 0 Å². The number of phenolic OH excluding ortho intramolecular Hbond substituents is 2. The molecule has 108 heavy (non-hydrogen) atoms. The SMILES string of the molecule is CCCCCCCCCCCCC1c2cc3c(cc2O)OP(=S)(c2ccccc2)Oc2cc4c(cc2C3CCCCCCCCCCCC)C(CCCCCCCCCCCC)c2cc3c(cc2OP(=S)(c2ccccc2)O4)OP(=S)(c2ccccc2)Oc2cc(O)c1cc2C3CCCCCCCCCCCC. The first-order valence-electron chi connectivity index (χ1n) is 43.1. The van der Waals surface area contributed by atoms with Crippen LogP contribution < -0.4 is 43.1 Å². The molecule has 8 bridgehead atoms. The highest BCUT2D eigenvalue weighted by Crippen LogP contribution is 2.64. The molecule has 7 aromatic rings. The van der Waals surface area contributed by atoms with Crippen LogP contribution in [-0.4, -0.2) is 10.2 Å². The molecule has 1 aliphatic carbocycles. The fourth-order valence-electron chi connectivity index (χ4n) is 17.3. The summed E-state index contributed by atoms with van der Waals surface area (Å²) in [5.41, 5.74) is 7.57. The van der Waals surface area contributed by atoms with Gasteiger partial charge in [-0.1, -0.05) is 339 Å². The van der Waals surface area contributed by atoms with Gasteiger partial charge in [-0.25, -0.2) is 0 Å². The van der Waals surface area contributed by atoms with Crippen molar-refractivity contribution in [2.45, 2.75) is 334 Å². The summed E-state index contributed by atoms with van der Waals surface area (Å²) >= 11 is 21.0. The number of hydrogen-bond acceptors (Lipinski definition) is 11. The fraction of sp³-hybridized carbons (Fsp3) is 0.553. The molecule has 0 saturated carbocycles. The molecule has 0 fully saturated rings. The average molecular weight is 1580 g/mol. The Morgan fingerprint density at radius 1 is 0.231 bits per heavy atom. The molecule has 2 N–H and O–H groups in total. The van der Waals surface area contributed by atoms with Gasteiger partial charge in [0.05, 0.1) is 15.9 Å². The zero-order valence-electron chi connectivity index (χ0n) is 66.1. The normalized spacial score (nSPS) is 20.2. The van der Waals surface area contributed by atoms with Gasteiger partial charge in [0.15, 0.2) is 0 Å². The first-order chi connectivity index (χ1) is 52.9. The Bertz CT molecular complexity index is 3840. The van der Waals surface area contributed by atoms with Crippen molar-refractivity contribution in [3.05, 3.63) is 184 Å². The van der Waals surface area contributed by atoms with Gasteiger partial charge in [-0.05, 0) is 122 Å². The summed E-state index contributed by atoms with van der Waals surface area (Å²) in [6.07, 6.45) is 51.3. The minimum absolute atomic E-state index is 0.106. The highest BCUT2D eigenvalue weighted by molar-refractivity contribution is 8.14. The molecule has 0 saturated heterocycles. The number of hydrogen-bond donors (Lipinski definition) is 2. The molecule has 4 aliphatic rings. The van der Waals surface area contributed by atoms with Crippen molar-refractivity contribution in [1.82, 2.24) is 0 Å². The van der Waals surface area contributed by atoms with Crippen LogP contribution in [0.25, 0.3) is 0 Å². The van der Waals surface area contributed by atoms with E-state index < -0.39 is 25.4 Å². The highest BCUT2D eigenvalue weighted by Gasteiger charge is 2.43. The number of phenols is 2. The van der Waals surface area contributed by atoms with Crippen molar-refractivity contribution in [1.29, 1.82) is 0 Å². The first-order valence-corrected chi connectivity index (χ1v) is 51.0. The Labute approximate surface area is 667 Å². The van der Waals surface area contributed by atoms with Gasteiger partial charge in [0.2, 0.25) is 0 Å². The summed E-state index contributed by atoms with van der Waals surface area (Å²) in [5.74, 6) is 2.51. The standard InChI is InChI=1S/C94H129O8P3S3/c1-5-9-13-17-21-25-29-33-37-50-60-75-79-64-81-76(61-51-38-34-30-26-22-18-14-10-6-2)83-66-85-78(63-53-40-36-32-28-24-20-16-12-8-4)86-67-84-77(62-52-39-35-31-27-23-19-15-11-7-3)82-65-80(75)88(96)69-90(82)98-104(107,73-56-46-42-47-57-73)100-92(84)71-94(86)102-105(108,74-58-48-43-49-59-74)101-93(85)70-91(83)99-103(106,72-54-44-41-45-55-72)97-89(81)68-87(79)95/h41-49,54-59,64-71,75-78,95-96H,5-40,50-53,60-63H2,1-4H3. The van der Waals surface area contributed by atoms with Crippen molar-refractivity contribution in [3.8, 4) is 46.0 Å². The molecule has 4 unspecified atom stereocenters. The number of aromatic hydroxyl groups is 2. The third-order valence-corrected chi connectivity index (χ3v) is 32.2. The second-order valence-electron chi connectivity index (χ2n) is 31.9. The van der Waals surface area contributed by atoms with Crippen molar-refractivity contribution < 1.29 is 37.4 Å². The monoisotopic (exact) mass is 1570 g/mol. The van der Waals surface area contributed by atoms with Crippen LogP contribution in [0.4, 0.5) is 0 Å². The Morgan fingerprint density at radius 2 is 0.407 bits per heavy atom. The van der Waals surface area contributed by atoms with Crippen LogP contribution in [0.5, 0.6) is 46.0 Å². The van der Waals surface area contributed by atoms with E-state index in [9.17, 15) is 10.2 Å². The van der Waals surface area contributed by atoms with Crippen LogP contribution in [0.3, 0.4) is 0 Å². The Balaban J connectivity index is 1.16. The number of benzene rings is 7. The van der Waals surface area contributed by atoms with Gasteiger partial charge in [-0.2, -0.15) is 0 Å². The second kappa shape index (κ2) is 43.2. The number of rotatable bonds is 47. The van der Waals surface area contributed by atoms with E-state index in [4.69, 9.17) is 62.6 Å². The van der Waals surface area contributed by atoms with E-state index >= 15 is 0 Å². The van der Waals surface area contributed by atoms with Crippen molar-refractivity contribution in [3.63, 3.8) is 0 Å². The Morgan fingerprint density at radius 3 is 0.620 bits per heavy atom. The highest BCUT2D eigenvalue weighted by atomic mass is 32.5. The zero-order valence-corrected chi connectivity index (χ0v) is 71.2. The lowest BCUT2D eigenvalue weighted by molar-refractivity contribution is 0.430. The van der Waals surface area contributed by atoms with Gasteiger partial charge in [0.25, 0.3) is 0 Å². The van der Waals surface area contributed by atoms with Crippen LogP contribution in [0.15, 0.2) is 140 Å². The van der Waals surface area contributed by atoms with Crippen molar-refractivity contribution >= 4 is 70.8 Å². The van der Waals surface area contributed by atoms with E-state index in [2.05, 4.69) is 64.1 Å². The molecule has 8 nitrogen and oxygen atoms in total. The summed E-state index contributed by atoms with van der Waals surface area (Å²) in [6, 6.07) is 47.6. The summed E-state index contributed by atoms with van der Waals surface area (Å²) in [4.78, 5) is 0. The summed E-state index contributed by atoms with van der Waals surface area (Å²) in [5, 5.41) is 29.0. The Kier molecular flexibility index (Phi) is 33.5. The molecular weight excluding hydrogens is 1450 g/mol.